The number of hydrogen-bond donors (Lipinski definition) is 1. The second-order valence-electron chi connectivity index (χ2n) is 4.58. The Morgan fingerprint density at radius 2 is 1.89 bits per heavy atom. The van der Waals surface area contributed by atoms with Crippen molar-refractivity contribution in [1.82, 2.24) is 0 Å². The topological polar surface area (TPSA) is 52.3 Å². The number of carbonyl (C=O) groups excluding carboxylic acids is 1. The monoisotopic (exact) mass is 255 g/mol. The van der Waals surface area contributed by atoms with Gasteiger partial charge in [0.15, 0.2) is 0 Å². The van der Waals surface area contributed by atoms with Crippen LogP contribution >= 0.6 is 0 Å². The molecule has 3 heteroatoms. The first-order chi connectivity index (χ1) is 9.08. The molecule has 0 aliphatic heterocycles. The Morgan fingerprint density at radius 1 is 1.16 bits per heavy atom. The molecule has 2 N–H and O–H groups in total. The minimum Gasteiger partial charge on any atom is -0.457 e. The molecular formula is C16H17NO2. The summed E-state index contributed by atoms with van der Waals surface area (Å²) in [5, 5.41) is 0. The quantitative estimate of drug-likeness (QED) is 0.676. The van der Waals surface area contributed by atoms with Crippen molar-refractivity contribution in [1.29, 1.82) is 0 Å². The minimum absolute atomic E-state index is 0.273. The lowest BCUT2D eigenvalue weighted by Crippen LogP contribution is -2.08. The van der Waals surface area contributed by atoms with Crippen molar-refractivity contribution in [2.24, 2.45) is 0 Å². The number of ether oxygens (including phenoxy) is 1. The molecule has 0 spiro atoms. The number of aryl methyl sites for hydroxylation is 1. The predicted molar refractivity (Wildman–Crippen MR) is 75.9 cm³/mol. The summed E-state index contributed by atoms with van der Waals surface area (Å²) < 4.78 is 5.31. The van der Waals surface area contributed by atoms with Crippen molar-refractivity contribution in [3.05, 3.63) is 64.7 Å². The van der Waals surface area contributed by atoms with Gasteiger partial charge in [0.2, 0.25) is 0 Å². The molecule has 0 fully saturated rings. The average Bonchev–Trinajstić information content (AvgIpc) is 2.39. The van der Waals surface area contributed by atoms with Crippen LogP contribution in [-0.4, -0.2) is 5.97 Å². The number of carbonyl (C=O) groups is 1. The Labute approximate surface area is 113 Å². The van der Waals surface area contributed by atoms with Crippen LogP contribution < -0.4 is 5.73 Å². The molecule has 0 heterocycles. The molecule has 0 amide bonds. The normalized spacial score (nSPS) is 10.2. The zero-order valence-corrected chi connectivity index (χ0v) is 11.1. The van der Waals surface area contributed by atoms with Gasteiger partial charge >= 0.3 is 5.97 Å². The Balaban J connectivity index is 2.08. The molecule has 0 bridgehead atoms. The predicted octanol–water partition coefficient (Wildman–Crippen LogP) is 3.24. The van der Waals surface area contributed by atoms with E-state index in [0.717, 1.165) is 16.7 Å². The van der Waals surface area contributed by atoms with Crippen LogP contribution in [0.5, 0.6) is 0 Å². The number of hydrogen-bond acceptors (Lipinski definition) is 3. The van der Waals surface area contributed by atoms with Crippen LogP contribution in [0, 0.1) is 13.8 Å². The first-order valence-electron chi connectivity index (χ1n) is 6.15. The van der Waals surface area contributed by atoms with E-state index in [0.29, 0.717) is 11.3 Å². The number of rotatable bonds is 3. The zero-order valence-electron chi connectivity index (χ0n) is 11.1. The van der Waals surface area contributed by atoms with Crippen LogP contribution in [-0.2, 0) is 11.3 Å². The van der Waals surface area contributed by atoms with Crippen molar-refractivity contribution in [3.8, 4) is 0 Å². The Morgan fingerprint density at radius 3 is 2.63 bits per heavy atom. The van der Waals surface area contributed by atoms with Gasteiger partial charge in [-0.05, 0) is 37.1 Å². The Bertz CT molecular complexity index is 605. The molecule has 0 aliphatic carbocycles. The maximum Gasteiger partial charge on any atom is 0.338 e. The number of nitrogen functional groups attached to an aromatic ring is 1. The third-order valence-corrected chi connectivity index (χ3v) is 3.05. The van der Waals surface area contributed by atoms with E-state index in [2.05, 4.69) is 0 Å². The summed E-state index contributed by atoms with van der Waals surface area (Å²) >= 11 is 0. The fraction of sp³-hybridized carbons (Fsp3) is 0.188. The van der Waals surface area contributed by atoms with Gasteiger partial charge in [-0.3, -0.25) is 0 Å². The molecule has 2 aromatic rings. The molecule has 2 aromatic carbocycles. The highest BCUT2D eigenvalue weighted by Crippen LogP contribution is 2.17. The molecular weight excluding hydrogens is 238 g/mol. The molecule has 0 saturated carbocycles. The maximum atomic E-state index is 12.0. The third kappa shape index (κ3) is 3.13. The van der Waals surface area contributed by atoms with Gasteiger partial charge in [0.1, 0.15) is 6.61 Å². The Kier molecular flexibility index (Phi) is 3.85. The van der Waals surface area contributed by atoms with Gasteiger partial charge in [0.25, 0.3) is 0 Å². The van der Waals surface area contributed by atoms with Crippen molar-refractivity contribution >= 4 is 11.7 Å². The fourth-order valence-electron chi connectivity index (χ4n) is 1.90. The first kappa shape index (κ1) is 13.1. The lowest BCUT2D eigenvalue weighted by molar-refractivity contribution is 0.0472. The van der Waals surface area contributed by atoms with Gasteiger partial charge in [-0.15, -0.1) is 0 Å². The highest BCUT2D eigenvalue weighted by atomic mass is 16.5. The van der Waals surface area contributed by atoms with E-state index in [9.17, 15) is 4.79 Å². The van der Waals surface area contributed by atoms with Crippen molar-refractivity contribution < 1.29 is 9.53 Å². The van der Waals surface area contributed by atoms with Gasteiger partial charge in [-0.2, -0.15) is 0 Å². The van der Waals surface area contributed by atoms with E-state index in [-0.39, 0.29) is 12.6 Å². The van der Waals surface area contributed by atoms with Gasteiger partial charge in [0, 0.05) is 5.69 Å². The molecule has 0 radical (unpaired) electrons. The summed E-state index contributed by atoms with van der Waals surface area (Å²) in [6, 6.07) is 13.1. The van der Waals surface area contributed by atoms with Crippen LogP contribution in [0.15, 0.2) is 42.5 Å². The van der Waals surface area contributed by atoms with E-state index in [1.54, 1.807) is 18.2 Å². The SMILES string of the molecule is Cc1cccc(COC(=O)c2cccc(N)c2C)c1. The molecule has 0 aliphatic rings. The fourth-order valence-corrected chi connectivity index (χ4v) is 1.90. The largest absolute Gasteiger partial charge is 0.457 e. The third-order valence-electron chi connectivity index (χ3n) is 3.05. The molecule has 98 valence electrons. The van der Waals surface area contributed by atoms with Crippen LogP contribution in [0.4, 0.5) is 5.69 Å². The standard InChI is InChI=1S/C16H17NO2/c1-11-5-3-6-13(9-11)10-19-16(18)14-7-4-8-15(17)12(14)2/h3-9H,10,17H2,1-2H3. The molecule has 0 unspecified atom stereocenters. The highest BCUT2D eigenvalue weighted by molar-refractivity contribution is 5.92. The number of benzene rings is 2. The summed E-state index contributed by atoms with van der Waals surface area (Å²) in [4.78, 5) is 12.0. The van der Waals surface area contributed by atoms with E-state index in [1.165, 1.54) is 0 Å². The molecule has 0 atom stereocenters. The number of esters is 1. The maximum absolute atomic E-state index is 12.0. The van der Waals surface area contributed by atoms with Gasteiger partial charge < -0.3 is 10.5 Å². The first-order valence-corrected chi connectivity index (χ1v) is 6.15. The smallest absolute Gasteiger partial charge is 0.338 e. The molecule has 2 rings (SSSR count). The van der Waals surface area contributed by atoms with E-state index in [4.69, 9.17) is 10.5 Å². The molecule has 19 heavy (non-hydrogen) atoms. The van der Waals surface area contributed by atoms with Crippen molar-refractivity contribution in [2.75, 3.05) is 5.73 Å². The molecule has 0 aromatic heterocycles. The van der Waals surface area contributed by atoms with Crippen molar-refractivity contribution in [3.63, 3.8) is 0 Å². The summed E-state index contributed by atoms with van der Waals surface area (Å²) in [7, 11) is 0. The van der Waals surface area contributed by atoms with Crippen molar-refractivity contribution in [2.45, 2.75) is 20.5 Å². The van der Waals surface area contributed by atoms with Crippen LogP contribution in [0.2, 0.25) is 0 Å². The summed E-state index contributed by atoms with van der Waals surface area (Å²) in [6.07, 6.45) is 0. The summed E-state index contributed by atoms with van der Waals surface area (Å²) in [5.41, 5.74) is 9.79. The van der Waals surface area contributed by atoms with E-state index in [1.807, 2.05) is 38.1 Å². The second-order valence-corrected chi connectivity index (χ2v) is 4.58. The van der Waals surface area contributed by atoms with Crippen LogP contribution in [0.25, 0.3) is 0 Å². The average molecular weight is 255 g/mol. The summed E-state index contributed by atoms with van der Waals surface area (Å²) in [5.74, 6) is -0.341. The molecule has 0 saturated heterocycles. The van der Waals surface area contributed by atoms with E-state index < -0.39 is 0 Å². The van der Waals surface area contributed by atoms with E-state index >= 15 is 0 Å². The second kappa shape index (κ2) is 5.57. The molecule has 3 nitrogen and oxygen atoms in total. The van der Waals surface area contributed by atoms with Gasteiger partial charge in [0.05, 0.1) is 5.56 Å². The van der Waals surface area contributed by atoms with Crippen LogP contribution in [0.3, 0.4) is 0 Å². The van der Waals surface area contributed by atoms with Crippen LogP contribution in [0.1, 0.15) is 27.0 Å². The lowest BCUT2D eigenvalue weighted by Gasteiger charge is -2.09. The Hall–Kier alpha value is -2.29. The minimum atomic E-state index is -0.341. The highest BCUT2D eigenvalue weighted by Gasteiger charge is 2.11. The zero-order chi connectivity index (χ0) is 13.8. The van der Waals surface area contributed by atoms with Gasteiger partial charge in [-0.25, -0.2) is 4.79 Å². The number of anilines is 1. The van der Waals surface area contributed by atoms with Gasteiger partial charge in [-0.1, -0.05) is 35.9 Å². The number of nitrogens with two attached hydrogens (primary N) is 1. The lowest BCUT2D eigenvalue weighted by atomic mass is 10.1. The summed E-state index contributed by atoms with van der Waals surface area (Å²) in [6.45, 7) is 4.10.